The van der Waals surface area contributed by atoms with E-state index < -0.39 is 0 Å². The highest BCUT2D eigenvalue weighted by molar-refractivity contribution is 5.92. The SMILES string of the molecule is CC(C)Cc1cn(C[C@@H]2CCCN(C(=O)c3cn4cccnc4n3)C2)nn1. The molecule has 0 N–H and O–H groups in total. The predicted octanol–water partition coefficient (Wildman–Crippen LogP) is 2.07. The van der Waals surface area contributed by atoms with Crippen molar-refractivity contribution in [3.8, 4) is 0 Å². The van der Waals surface area contributed by atoms with Gasteiger partial charge in [-0.05, 0) is 37.2 Å². The number of carbonyl (C=O) groups is 1. The Morgan fingerprint density at radius 3 is 3.04 bits per heavy atom. The van der Waals surface area contributed by atoms with E-state index in [1.165, 1.54) is 0 Å². The van der Waals surface area contributed by atoms with Crippen molar-refractivity contribution in [1.82, 2.24) is 34.3 Å². The second-order valence-corrected chi connectivity index (χ2v) is 7.74. The number of aromatic nitrogens is 6. The zero-order valence-corrected chi connectivity index (χ0v) is 15.8. The number of imidazole rings is 1. The first kappa shape index (κ1) is 17.6. The van der Waals surface area contributed by atoms with Gasteiger partial charge in [0.25, 0.3) is 5.91 Å². The minimum atomic E-state index is -0.0238. The van der Waals surface area contributed by atoms with E-state index >= 15 is 0 Å². The molecule has 1 saturated heterocycles. The van der Waals surface area contributed by atoms with Crippen molar-refractivity contribution in [2.75, 3.05) is 13.1 Å². The molecule has 8 nitrogen and oxygen atoms in total. The molecule has 1 aliphatic heterocycles. The molecular weight excluding hydrogens is 342 g/mol. The lowest BCUT2D eigenvalue weighted by atomic mass is 9.98. The number of nitrogens with zero attached hydrogens (tertiary/aromatic N) is 7. The number of hydrogen-bond donors (Lipinski definition) is 0. The quantitative estimate of drug-likeness (QED) is 0.690. The molecule has 1 amide bonds. The summed E-state index contributed by atoms with van der Waals surface area (Å²) in [6.07, 6.45) is 10.4. The van der Waals surface area contributed by atoms with E-state index in [1.54, 1.807) is 16.8 Å². The van der Waals surface area contributed by atoms with E-state index in [0.717, 1.165) is 44.6 Å². The van der Waals surface area contributed by atoms with E-state index in [4.69, 9.17) is 0 Å². The molecule has 0 saturated carbocycles. The molecule has 4 heterocycles. The maximum Gasteiger partial charge on any atom is 0.274 e. The Bertz CT molecular complexity index is 896. The monoisotopic (exact) mass is 367 g/mol. The van der Waals surface area contributed by atoms with E-state index in [1.807, 2.05) is 28.0 Å². The van der Waals surface area contributed by atoms with Crippen molar-refractivity contribution >= 4 is 11.7 Å². The van der Waals surface area contributed by atoms with Crippen LogP contribution in [0, 0.1) is 11.8 Å². The molecule has 0 radical (unpaired) electrons. The fourth-order valence-electron chi connectivity index (χ4n) is 3.70. The molecule has 1 atom stereocenters. The Morgan fingerprint density at radius 2 is 2.22 bits per heavy atom. The molecule has 0 spiro atoms. The third-order valence-corrected chi connectivity index (χ3v) is 4.91. The van der Waals surface area contributed by atoms with Crippen LogP contribution in [-0.2, 0) is 13.0 Å². The highest BCUT2D eigenvalue weighted by Gasteiger charge is 2.26. The Labute approximate surface area is 158 Å². The van der Waals surface area contributed by atoms with Gasteiger partial charge in [0.1, 0.15) is 5.69 Å². The van der Waals surface area contributed by atoms with Gasteiger partial charge in [-0.1, -0.05) is 19.1 Å². The molecule has 0 aliphatic carbocycles. The molecule has 0 unspecified atom stereocenters. The molecular formula is C19H25N7O. The molecule has 8 heteroatoms. The highest BCUT2D eigenvalue weighted by Crippen LogP contribution is 2.20. The van der Waals surface area contributed by atoms with Gasteiger partial charge in [0.05, 0.1) is 5.69 Å². The van der Waals surface area contributed by atoms with Crippen LogP contribution in [0.15, 0.2) is 30.9 Å². The summed E-state index contributed by atoms with van der Waals surface area (Å²) in [5.41, 5.74) is 1.49. The zero-order valence-electron chi connectivity index (χ0n) is 15.8. The van der Waals surface area contributed by atoms with E-state index in [-0.39, 0.29) is 5.91 Å². The van der Waals surface area contributed by atoms with Gasteiger partial charge >= 0.3 is 0 Å². The van der Waals surface area contributed by atoms with Gasteiger partial charge in [-0.15, -0.1) is 5.10 Å². The van der Waals surface area contributed by atoms with Crippen molar-refractivity contribution in [2.45, 2.75) is 39.7 Å². The molecule has 27 heavy (non-hydrogen) atoms. The first-order chi connectivity index (χ1) is 13.1. The fraction of sp³-hybridized carbons (Fsp3) is 0.526. The minimum Gasteiger partial charge on any atom is -0.337 e. The van der Waals surface area contributed by atoms with Crippen LogP contribution in [0.5, 0.6) is 0 Å². The number of likely N-dealkylation sites (tertiary alicyclic amines) is 1. The highest BCUT2D eigenvalue weighted by atomic mass is 16.2. The van der Waals surface area contributed by atoms with Crippen LogP contribution in [0.25, 0.3) is 5.78 Å². The molecule has 0 bridgehead atoms. The van der Waals surface area contributed by atoms with Crippen molar-refractivity contribution in [3.05, 3.63) is 42.2 Å². The number of amides is 1. The molecule has 4 rings (SSSR count). The van der Waals surface area contributed by atoms with Crippen molar-refractivity contribution in [3.63, 3.8) is 0 Å². The standard InChI is InChI=1S/C19H25N7O/c1-14(2)9-16-12-26(23-22-16)11-15-5-3-7-24(10-15)18(27)17-13-25-8-4-6-20-19(25)21-17/h4,6,8,12-15H,3,5,7,9-11H2,1-2H3/t15-/m1/s1. The largest absolute Gasteiger partial charge is 0.337 e. The lowest BCUT2D eigenvalue weighted by molar-refractivity contribution is 0.0654. The molecule has 0 aromatic carbocycles. The summed E-state index contributed by atoms with van der Waals surface area (Å²) in [6.45, 7) is 6.64. The number of hydrogen-bond acceptors (Lipinski definition) is 5. The number of fused-ring (bicyclic) bond motifs is 1. The van der Waals surface area contributed by atoms with Gasteiger partial charge in [0.15, 0.2) is 0 Å². The van der Waals surface area contributed by atoms with E-state index in [0.29, 0.717) is 23.3 Å². The van der Waals surface area contributed by atoms with Crippen LogP contribution in [0.3, 0.4) is 0 Å². The van der Waals surface area contributed by atoms with Gasteiger partial charge in [0, 0.05) is 44.4 Å². The third kappa shape index (κ3) is 3.99. The molecule has 142 valence electrons. The maximum absolute atomic E-state index is 12.9. The second-order valence-electron chi connectivity index (χ2n) is 7.74. The summed E-state index contributed by atoms with van der Waals surface area (Å²) >= 11 is 0. The molecule has 1 fully saturated rings. The Morgan fingerprint density at radius 1 is 1.33 bits per heavy atom. The minimum absolute atomic E-state index is 0.0238. The number of rotatable bonds is 5. The second kappa shape index (κ2) is 7.46. The van der Waals surface area contributed by atoms with Gasteiger partial charge in [-0.25, -0.2) is 9.97 Å². The zero-order chi connectivity index (χ0) is 18.8. The first-order valence-corrected chi connectivity index (χ1v) is 9.56. The van der Waals surface area contributed by atoms with Gasteiger partial charge < -0.3 is 4.90 Å². The molecule has 3 aromatic rings. The van der Waals surface area contributed by atoms with Crippen LogP contribution in [0.2, 0.25) is 0 Å². The molecule has 1 aliphatic rings. The van der Waals surface area contributed by atoms with Crippen molar-refractivity contribution < 1.29 is 4.79 Å². The van der Waals surface area contributed by atoms with Crippen LogP contribution in [0.4, 0.5) is 0 Å². The maximum atomic E-state index is 12.9. The van der Waals surface area contributed by atoms with Crippen LogP contribution < -0.4 is 0 Å². The fourth-order valence-corrected chi connectivity index (χ4v) is 3.70. The van der Waals surface area contributed by atoms with Crippen LogP contribution in [-0.4, -0.2) is 53.3 Å². The Balaban J connectivity index is 1.41. The lowest BCUT2D eigenvalue weighted by Gasteiger charge is -2.32. The van der Waals surface area contributed by atoms with Crippen molar-refractivity contribution in [1.29, 1.82) is 0 Å². The summed E-state index contributed by atoms with van der Waals surface area (Å²) < 4.78 is 3.70. The van der Waals surface area contributed by atoms with Gasteiger partial charge in [0.2, 0.25) is 5.78 Å². The first-order valence-electron chi connectivity index (χ1n) is 9.56. The summed E-state index contributed by atoms with van der Waals surface area (Å²) in [4.78, 5) is 23.3. The van der Waals surface area contributed by atoms with E-state index in [2.05, 4.69) is 34.1 Å². The Kier molecular flexibility index (Phi) is 4.87. The van der Waals surface area contributed by atoms with Gasteiger partial charge in [-0.3, -0.25) is 13.9 Å². The smallest absolute Gasteiger partial charge is 0.274 e. The predicted molar refractivity (Wildman–Crippen MR) is 100 cm³/mol. The Hall–Kier alpha value is -2.77. The van der Waals surface area contributed by atoms with Crippen LogP contribution >= 0.6 is 0 Å². The summed E-state index contributed by atoms with van der Waals surface area (Å²) in [6, 6.07) is 1.82. The third-order valence-electron chi connectivity index (χ3n) is 4.91. The summed E-state index contributed by atoms with van der Waals surface area (Å²) in [5, 5.41) is 8.52. The summed E-state index contributed by atoms with van der Waals surface area (Å²) in [5.74, 6) is 1.48. The van der Waals surface area contributed by atoms with Gasteiger partial charge in [-0.2, -0.15) is 0 Å². The number of piperidine rings is 1. The van der Waals surface area contributed by atoms with Crippen LogP contribution in [0.1, 0.15) is 42.9 Å². The van der Waals surface area contributed by atoms with E-state index in [9.17, 15) is 4.79 Å². The normalized spacial score (nSPS) is 17.7. The topological polar surface area (TPSA) is 81.2 Å². The average molecular weight is 367 g/mol. The summed E-state index contributed by atoms with van der Waals surface area (Å²) in [7, 11) is 0. The van der Waals surface area contributed by atoms with Crippen molar-refractivity contribution in [2.24, 2.45) is 11.8 Å². The molecule has 3 aromatic heterocycles. The lowest BCUT2D eigenvalue weighted by Crippen LogP contribution is -2.41. The number of carbonyl (C=O) groups excluding carboxylic acids is 1. The average Bonchev–Trinajstić information content (AvgIpc) is 3.27.